The molecule has 3 N–H and O–H groups in total. The lowest BCUT2D eigenvalue weighted by Crippen LogP contribution is -2.67. The van der Waals surface area contributed by atoms with E-state index in [0.29, 0.717) is 11.3 Å². The van der Waals surface area contributed by atoms with Gasteiger partial charge in [0.1, 0.15) is 12.2 Å². The minimum atomic E-state index is -8.05. The monoisotopic (exact) mass is 647 g/mol. The van der Waals surface area contributed by atoms with Gasteiger partial charge < -0.3 is 15.5 Å². The van der Waals surface area contributed by atoms with Gasteiger partial charge in [0, 0.05) is 30.9 Å². The molecule has 1 amide bonds. The number of nitrogens with zero attached hydrogens (tertiary/aromatic N) is 1. The summed E-state index contributed by atoms with van der Waals surface area (Å²) in [7, 11) is 3.12. The zero-order chi connectivity index (χ0) is 33.1. The second-order valence-electron chi connectivity index (χ2n) is 10.3. The van der Waals surface area contributed by atoms with E-state index in [1.165, 1.54) is 6.07 Å². The Morgan fingerprint density at radius 1 is 0.786 bits per heavy atom. The minimum absolute atomic E-state index is 0.00752. The number of halogens is 15. The van der Waals surface area contributed by atoms with Crippen molar-refractivity contribution >= 4 is 11.6 Å². The van der Waals surface area contributed by atoms with E-state index in [4.69, 9.17) is 0 Å². The first-order valence-electron chi connectivity index (χ1n) is 11.4. The van der Waals surface area contributed by atoms with Crippen molar-refractivity contribution in [1.82, 2.24) is 9.80 Å². The fourth-order valence-corrected chi connectivity index (χ4v) is 4.29. The number of phenols is 2. The number of carbonyl (C=O) groups is 1. The Morgan fingerprint density at radius 3 is 1.79 bits per heavy atom. The van der Waals surface area contributed by atoms with Crippen LogP contribution >= 0.6 is 0 Å². The van der Waals surface area contributed by atoms with Gasteiger partial charge in [-0.25, -0.2) is 0 Å². The van der Waals surface area contributed by atoms with E-state index in [-0.39, 0.29) is 17.4 Å². The molecular weight excluding hydrogens is 625 g/mol. The summed E-state index contributed by atoms with van der Waals surface area (Å²) in [6.45, 7) is 0.00752. The molecule has 0 saturated carbocycles. The van der Waals surface area contributed by atoms with Crippen LogP contribution in [-0.4, -0.2) is 84.5 Å². The SMILES string of the molecule is C[N+]1(C)CC(NC(=O)CCC(F)(F)C(F)(F)CC(F)(F)C(F)(F)C(F)(F)C(F)(F)C(F)(F)F)Cc2cc(O)c(O)cc21. The van der Waals surface area contributed by atoms with Crippen molar-refractivity contribution < 1.29 is 80.9 Å². The van der Waals surface area contributed by atoms with Crippen molar-refractivity contribution in [2.75, 3.05) is 20.6 Å². The molecule has 5 nitrogen and oxygen atoms in total. The molecule has 20 heteroatoms. The number of amides is 1. The van der Waals surface area contributed by atoms with Gasteiger partial charge in [0.15, 0.2) is 11.5 Å². The van der Waals surface area contributed by atoms with Crippen molar-refractivity contribution in [3.63, 3.8) is 0 Å². The van der Waals surface area contributed by atoms with Crippen LogP contribution in [0.4, 0.5) is 71.5 Å². The van der Waals surface area contributed by atoms with E-state index >= 15 is 0 Å². The Kier molecular flexibility index (Phi) is 8.79. The molecule has 242 valence electrons. The maximum atomic E-state index is 14.1. The second kappa shape index (κ2) is 10.4. The number of carbonyl (C=O) groups excluding carboxylic acids is 1. The summed E-state index contributed by atoms with van der Waals surface area (Å²) in [4.78, 5) is 12.2. The highest BCUT2D eigenvalue weighted by Crippen LogP contribution is 2.59. The molecule has 0 aliphatic carbocycles. The number of phenolic OH excluding ortho intramolecular Hbond substituents is 2. The summed E-state index contributed by atoms with van der Waals surface area (Å²) in [5.74, 6) is -45.8. The summed E-state index contributed by atoms with van der Waals surface area (Å²) in [6.07, 6.45) is -15.9. The third-order valence-electron chi connectivity index (χ3n) is 6.59. The van der Waals surface area contributed by atoms with Crippen molar-refractivity contribution in [2.45, 2.75) is 73.4 Å². The quantitative estimate of drug-likeness (QED) is 0.160. The summed E-state index contributed by atoms with van der Waals surface area (Å²) in [6, 6.07) is 1.42. The average molecular weight is 647 g/mol. The fourth-order valence-electron chi connectivity index (χ4n) is 4.29. The normalized spacial score (nSPS) is 18.9. The third kappa shape index (κ3) is 6.13. The van der Waals surface area contributed by atoms with E-state index in [0.717, 1.165) is 6.07 Å². The van der Waals surface area contributed by atoms with E-state index in [9.17, 15) is 80.9 Å². The molecule has 0 fully saturated rings. The molecule has 1 aromatic carbocycles. The number of nitrogens with one attached hydrogen (secondary N) is 1. The fraction of sp³-hybridized carbons (Fsp3) is 0.682. The highest BCUT2D eigenvalue weighted by atomic mass is 19.4. The van der Waals surface area contributed by atoms with Gasteiger partial charge in [-0.2, -0.15) is 65.9 Å². The Hall–Kier alpha value is -2.80. The lowest BCUT2D eigenvalue weighted by atomic mass is 9.91. The van der Waals surface area contributed by atoms with Gasteiger partial charge >= 0.3 is 41.7 Å². The number of benzene rings is 1. The molecule has 42 heavy (non-hydrogen) atoms. The van der Waals surface area contributed by atoms with Crippen LogP contribution in [0.5, 0.6) is 11.5 Å². The molecule has 0 spiro atoms. The Balaban J connectivity index is 2.16. The van der Waals surface area contributed by atoms with Crippen LogP contribution in [0.25, 0.3) is 0 Å². The predicted octanol–water partition coefficient (Wildman–Crippen LogP) is 6.25. The van der Waals surface area contributed by atoms with Crippen molar-refractivity contribution in [1.29, 1.82) is 0 Å². The maximum Gasteiger partial charge on any atom is 0.460 e. The van der Waals surface area contributed by atoms with Crippen LogP contribution in [0.2, 0.25) is 0 Å². The smallest absolute Gasteiger partial charge is 0.460 e. The van der Waals surface area contributed by atoms with Crippen LogP contribution < -0.4 is 9.80 Å². The lowest BCUT2D eigenvalue weighted by molar-refractivity contribution is -0.427. The molecule has 0 saturated heterocycles. The molecule has 1 aliphatic rings. The predicted molar refractivity (Wildman–Crippen MR) is 114 cm³/mol. The van der Waals surface area contributed by atoms with Crippen LogP contribution in [0.3, 0.4) is 0 Å². The highest BCUT2D eigenvalue weighted by Gasteiger charge is 2.88. The lowest BCUT2D eigenvalue weighted by Gasteiger charge is -2.39. The van der Waals surface area contributed by atoms with Crippen LogP contribution in [0, 0.1) is 0 Å². The zero-order valence-corrected chi connectivity index (χ0v) is 21.2. The topological polar surface area (TPSA) is 69.6 Å². The standard InChI is InChI=1S/C22H21F15N2O3/c1-39(2)8-11(5-10-6-13(40)14(41)7-12(10)39)38-15(42)3-4-16(23,24)17(25,26)9-18(27,28)19(29,30)20(31,32)21(33,34)22(35,36)37/h6-7,11H,3-5,8-9H2,1-2H3,(H2-,38,40,41,42)/p+1. The molecule has 1 aromatic rings. The summed E-state index contributed by atoms with van der Waals surface area (Å²) in [5, 5.41) is 21.5. The summed E-state index contributed by atoms with van der Waals surface area (Å²) < 4.78 is 199. The van der Waals surface area contributed by atoms with Gasteiger partial charge in [-0.3, -0.25) is 9.28 Å². The number of hydrogen-bond donors (Lipinski definition) is 3. The van der Waals surface area contributed by atoms with Crippen molar-refractivity contribution in [2.24, 2.45) is 0 Å². The van der Waals surface area contributed by atoms with E-state index < -0.39 is 84.4 Å². The number of likely N-dealkylation sites (N-methyl/N-ethyl adjacent to an activating group) is 1. The molecule has 0 bridgehead atoms. The molecule has 1 aliphatic heterocycles. The molecule has 0 aromatic heterocycles. The van der Waals surface area contributed by atoms with Crippen LogP contribution in [0.1, 0.15) is 24.8 Å². The number of rotatable bonds is 10. The molecule has 1 heterocycles. The number of alkyl halides is 15. The zero-order valence-electron chi connectivity index (χ0n) is 21.2. The van der Waals surface area contributed by atoms with Gasteiger partial charge in [0.25, 0.3) is 0 Å². The van der Waals surface area contributed by atoms with E-state index in [1.54, 1.807) is 14.1 Å². The Morgan fingerprint density at radius 2 is 1.29 bits per heavy atom. The maximum absolute atomic E-state index is 14.1. The largest absolute Gasteiger partial charge is 0.504 e. The molecular formula is C22H22F15N2O3+. The van der Waals surface area contributed by atoms with Gasteiger partial charge in [0.05, 0.1) is 26.6 Å². The number of hydrogen-bond acceptors (Lipinski definition) is 3. The van der Waals surface area contributed by atoms with Crippen molar-refractivity contribution in [3.05, 3.63) is 17.7 Å². The van der Waals surface area contributed by atoms with E-state index in [1.807, 2.05) is 0 Å². The van der Waals surface area contributed by atoms with E-state index in [2.05, 4.69) is 5.32 Å². The van der Waals surface area contributed by atoms with Crippen LogP contribution in [-0.2, 0) is 11.2 Å². The Labute approximate surface area is 226 Å². The highest BCUT2D eigenvalue weighted by molar-refractivity contribution is 5.76. The molecule has 1 unspecified atom stereocenters. The van der Waals surface area contributed by atoms with Gasteiger partial charge in [-0.15, -0.1) is 0 Å². The molecule has 1 atom stereocenters. The summed E-state index contributed by atoms with van der Waals surface area (Å²) >= 11 is 0. The van der Waals surface area contributed by atoms with Crippen molar-refractivity contribution in [3.8, 4) is 11.5 Å². The van der Waals surface area contributed by atoms with Crippen LogP contribution in [0.15, 0.2) is 12.1 Å². The average Bonchev–Trinajstić information content (AvgIpc) is 2.77. The number of fused-ring (bicyclic) bond motifs is 1. The third-order valence-corrected chi connectivity index (χ3v) is 6.59. The first kappa shape index (κ1) is 35.4. The summed E-state index contributed by atoms with van der Waals surface area (Å²) in [5.41, 5.74) is 0.832. The number of quaternary nitrogens is 1. The van der Waals surface area contributed by atoms with Gasteiger partial charge in [-0.05, 0) is 6.07 Å². The number of aromatic hydroxyl groups is 2. The Bertz CT molecular complexity index is 1180. The second-order valence-corrected chi connectivity index (χ2v) is 10.3. The molecule has 2 rings (SSSR count). The van der Waals surface area contributed by atoms with Gasteiger partial charge in [0.2, 0.25) is 5.91 Å². The first-order chi connectivity index (χ1) is 18.4. The van der Waals surface area contributed by atoms with Gasteiger partial charge in [-0.1, -0.05) is 0 Å². The first-order valence-corrected chi connectivity index (χ1v) is 11.4. The molecule has 0 radical (unpaired) electrons. The minimum Gasteiger partial charge on any atom is -0.504 e.